The molecule has 152 valence electrons. The number of hydrogen-bond acceptors (Lipinski definition) is 4. The highest BCUT2D eigenvalue weighted by molar-refractivity contribution is 6.15. The minimum absolute atomic E-state index is 0.0690. The van der Waals surface area contributed by atoms with Crippen LogP contribution in [0.2, 0.25) is 0 Å². The first kappa shape index (κ1) is 20.8. The first-order valence-electron chi connectivity index (χ1n) is 9.78. The smallest absolute Gasteiger partial charge is 0.316 e. The van der Waals surface area contributed by atoms with Crippen molar-refractivity contribution in [1.29, 1.82) is 0 Å². The molecule has 0 unspecified atom stereocenters. The van der Waals surface area contributed by atoms with Crippen molar-refractivity contribution < 1.29 is 19.1 Å². The summed E-state index contributed by atoms with van der Waals surface area (Å²) in [4.78, 5) is 25.0. The molecule has 0 fully saturated rings. The number of ether oxygens (including phenoxy) is 2. The van der Waals surface area contributed by atoms with E-state index in [1.807, 2.05) is 12.1 Å². The fourth-order valence-electron chi connectivity index (χ4n) is 2.96. The average Bonchev–Trinajstić information content (AvgIpc) is 2.93. The third kappa shape index (κ3) is 4.26. The van der Waals surface area contributed by atoms with Gasteiger partial charge in [-0.15, -0.1) is 0 Å². The number of rotatable bonds is 2. The van der Waals surface area contributed by atoms with E-state index in [1.54, 1.807) is 45.9 Å². The van der Waals surface area contributed by atoms with Gasteiger partial charge in [-0.25, -0.2) is 0 Å². The quantitative estimate of drug-likeness (QED) is 0.365. The maximum Gasteiger partial charge on any atom is 0.316 e. The van der Waals surface area contributed by atoms with E-state index in [2.05, 4.69) is 32.9 Å². The van der Waals surface area contributed by atoms with Crippen LogP contribution in [0.5, 0.6) is 11.5 Å². The van der Waals surface area contributed by atoms with E-state index < -0.39 is 5.41 Å². The zero-order valence-electron chi connectivity index (χ0n) is 18.2. The number of allylic oxidation sites excluding steroid dienone is 1. The normalized spacial score (nSPS) is 15.3. The van der Waals surface area contributed by atoms with Crippen molar-refractivity contribution in [2.45, 2.75) is 53.9 Å². The van der Waals surface area contributed by atoms with Crippen LogP contribution in [0.25, 0.3) is 6.08 Å². The zero-order valence-corrected chi connectivity index (χ0v) is 18.2. The second-order valence-corrected chi connectivity index (χ2v) is 9.52. The molecule has 1 aliphatic rings. The summed E-state index contributed by atoms with van der Waals surface area (Å²) < 4.78 is 11.4. The number of fused-ring (bicyclic) bond motifs is 1. The molecule has 0 radical (unpaired) electrons. The van der Waals surface area contributed by atoms with Crippen LogP contribution in [-0.4, -0.2) is 11.8 Å². The fourth-order valence-corrected chi connectivity index (χ4v) is 2.96. The Hall–Kier alpha value is -2.88. The summed E-state index contributed by atoms with van der Waals surface area (Å²) in [5, 5.41) is 0. The Morgan fingerprint density at radius 2 is 1.59 bits per heavy atom. The summed E-state index contributed by atoms with van der Waals surface area (Å²) in [7, 11) is 0. The van der Waals surface area contributed by atoms with Crippen LogP contribution in [0.4, 0.5) is 0 Å². The fraction of sp³-hybridized carbons (Fsp3) is 0.360. The minimum Gasteiger partial charge on any atom is -0.452 e. The number of carbonyl (C=O) groups excluding carboxylic acids is 2. The number of Topliss-reactive ketones (excluding diaryl/α,β-unsaturated/α-hetero) is 1. The van der Waals surface area contributed by atoms with Crippen molar-refractivity contribution in [1.82, 2.24) is 0 Å². The molecule has 0 saturated carbocycles. The van der Waals surface area contributed by atoms with Crippen molar-refractivity contribution in [3.05, 3.63) is 64.4 Å². The lowest BCUT2D eigenvalue weighted by Crippen LogP contribution is -2.25. The molecule has 1 aliphatic heterocycles. The molecule has 0 saturated heterocycles. The van der Waals surface area contributed by atoms with Gasteiger partial charge in [-0.2, -0.15) is 0 Å². The SMILES string of the molecule is Cc1c(OC(=O)C(C)(C)C)ccc2c1O/C(=C\c1ccc(C(C)(C)C)cc1)C2=O. The topological polar surface area (TPSA) is 52.6 Å². The molecule has 3 rings (SSSR count). The molecule has 0 atom stereocenters. The van der Waals surface area contributed by atoms with Crippen LogP contribution < -0.4 is 9.47 Å². The second kappa shape index (κ2) is 7.18. The number of carbonyl (C=O) groups is 2. The van der Waals surface area contributed by atoms with E-state index in [9.17, 15) is 9.59 Å². The van der Waals surface area contributed by atoms with E-state index >= 15 is 0 Å². The van der Waals surface area contributed by atoms with Crippen molar-refractivity contribution in [3.8, 4) is 11.5 Å². The molecule has 0 bridgehead atoms. The van der Waals surface area contributed by atoms with Gasteiger partial charge < -0.3 is 9.47 Å². The van der Waals surface area contributed by atoms with Crippen molar-refractivity contribution in [3.63, 3.8) is 0 Å². The summed E-state index contributed by atoms with van der Waals surface area (Å²) in [6.45, 7) is 13.7. The number of esters is 1. The molecule has 0 amide bonds. The van der Waals surface area contributed by atoms with Gasteiger partial charge in [0.1, 0.15) is 11.5 Å². The molecule has 29 heavy (non-hydrogen) atoms. The van der Waals surface area contributed by atoms with Crippen LogP contribution in [-0.2, 0) is 10.2 Å². The predicted molar refractivity (Wildman–Crippen MR) is 114 cm³/mol. The first-order chi connectivity index (χ1) is 13.4. The largest absolute Gasteiger partial charge is 0.452 e. The first-order valence-corrected chi connectivity index (χ1v) is 9.78. The maximum atomic E-state index is 12.8. The van der Waals surface area contributed by atoms with E-state index in [0.29, 0.717) is 22.6 Å². The third-order valence-corrected chi connectivity index (χ3v) is 4.93. The van der Waals surface area contributed by atoms with Gasteiger partial charge in [0.15, 0.2) is 5.76 Å². The number of ketones is 1. The Kier molecular flexibility index (Phi) is 5.16. The van der Waals surface area contributed by atoms with Gasteiger partial charge in [0, 0.05) is 5.56 Å². The highest BCUT2D eigenvalue weighted by Gasteiger charge is 2.31. The van der Waals surface area contributed by atoms with Crippen molar-refractivity contribution >= 4 is 17.8 Å². The molecule has 2 aromatic rings. The van der Waals surface area contributed by atoms with Crippen LogP contribution >= 0.6 is 0 Å². The Bertz CT molecular complexity index is 997. The highest BCUT2D eigenvalue weighted by Crippen LogP contribution is 2.40. The van der Waals surface area contributed by atoms with Gasteiger partial charge in [-0.05, 0) is 62.4 Å². The Morgan fingerprint density at radius 3 is 2.14 bits per heavy atom. The molecule has 0 N–H and O–H groups in total. The van der Waals surface area contributed by atoms with Gasteiger partial charge in [-0.3, -0.25) is 9.59 Å². The van der Waals surface area contributed by atoms with Crippen molar-refractivity contribution in [2.75, 3.05) is 0 Å². The van der Waals surface area contributed by atoms with Crippen LogP contribution in [0, 0.1) is 12.3 Å². The second-order valence-electron chi connectivity index (χ2n) is 9.52. The summed E-state index contributed by atoms with van der Waals surface area (Å²) in [5.74, 6) is 0.626. The van der Waals surface area contributed by atoms with Gasteiger partial charge in [0.25, 0.3) is 0 Å². The lowest BCUT2D eigenvalue weighted by atomic mass is 9.86. The summed E-state index contributed by atoms with van der Waals surface area (Å²) in [5.41, 5.74) is 2.69. The summed E-state index contributed by atoms with van der Waals surface area (Å²) in [6.07, 6.45) is 1.75. The zero-order chi connectivity index (χ0) is 21.6. The Labute approximate surface area is 172 Å². The molecular weight excluding hydrogens is 364 g/mol. The van der Waals surface area contributed by atoms with Crippen LogP contribution in [0.1, 0.15) is 68.6 Å². The maximum absolute atomic E-state index is 12.8. The highest BCUT2D eigenvalue weighted by atomic mass is 16.5. The summed E-state index contributed by atoms with van der Waals surface area (Å²) in [6, 6.07) is 11.4. The minimum atomic E-state index is -0.619. The van der Waals surface area contributed by atoms with Crippen LogP contribution in [0.15, 0.2) is 42.2 Å². The Morgan fingerprint density at radius 1 is 0.966 bits per heavy atom. The van der Waals surface area contributed by atoms with Crippen LogP contribution in [0.3, 0.4) is 0 Å². The molecule has 4 nitrogen and oxygen atoms in total. The molecule has 2 aromatic carbocycles. The van der Waals surface area contributed by atoms with Gasteiger partial charge >= 0.3 is 5.97 Å². The number of benzene rings is 2. The lowest BCUT2D eigenvalue weighted by molar-refractivity contribution is -0.143. The van der Waals surface area contributed by atoms with Gasteiger partial charge in [0.05, 0.1) is 11.0 Å². The molecule has 0 spiro atoms. The molecular formula is C25H28O4. The van der Waals surface area contributed by atoms with E-state index in [-0.39, 0.29) is 22.9 Å². The average molecular weight is 392 g/mol. The van der Waals surface area contributed by atoms with E-state index in [4.69, 9.17) is 9.47 Å². The molecule has 1 heterocycles. The molecule has 0 aromatic heterocycles. The van der Waals surface area contributed by atoms with Crippen molar-refractivity contribution in [2.24, 2.45) is 5.41 Å². The third-order valence-electron chi connectivity index (χ3n) is 4.93. The molecule has 4 heteroatoms. The Balaban J connectivity index is 1.88. The van der Waals surface area contributed by atoms with E-state index in [0.717, 1.165) is 5.56 Å². The summed E-state index contributed by atoms with van der Waals surface area (Å²) >= 11 is 0. The molecule has 0 aliphatic carbocycles. The lowest BCUT2D eigenvalue weighted by Gasteiger charge is -2.18. The van der Waals surface area contributed by atoms with Gasteiger partial charge in [-0.1, -0.05) is 45.0 Å². The number of hydrogen-bond donors (Lipinski definition) is 0. The predicted octanol–water partition coefficient (Wildman–Crippen LogP) is 5.86. The monoisotopic (exact) mass is 392 g/mol. The van der Waals surface area contributed by atoms with E-state index in [1.165, 1.54) is 5.56 Å². The standard InChI is InChI=1S/C25H28O4/c1-15-19(29-23(27)25(5,6)7)13-12-18-21(26)20(28-22(15)18)14-16-8-10-17(11-9-16)24(2,3)4/h8-14H,1-7H3/b20-14-. The van der Waals surface area contributed by atoms with Gasteiger partial charge in [0.2, 0.25) is 5.78 Å².